The summed E-state index contributed by atoms with van der Waals surface area (Å²) in [7, 11) is 0. The normalized spacial score (nSPS) is 29.3. The van der Waals surface area contributed by atoms with Gasteiger partial charge in [-0.15, -0.1) is 0 Å². The molecule has 1 aliphatic rings. The van der Waals surface area contributed by atoms with E-state index < -0.39 is 0 Å². The van der Waals surface area contributed by atoms with Crippen LogP contribution in [0.3, 0.4) is 0 Å². The minimum absolute atomic E-state index is 0.258. The molecule has 0 saturated carbocycles. The molecule has 0 amide bonds. The number of hydrogen-bond acceptors (Lipinski definition) is 2. The molecule has 1 saturated heterocycles. The van der Waals surface area contributed by atoms with Crippen molar-refractivity contribution in [3.63, 3.8) is 0 Å². The van der Waals surface area contributed by atoms with Crippen LogP contribution in [0, 0.1) is 0 Å². The quantitative estimate of drug-likeness (QED) is 0.873. The van der Waals surface area contributed by atoms with Crippen molar-refractivity contribution >= 4 is 0 Å². The van der Waals surface area contributed by atoms with Gasteiger partial charge in [-0.1, -0.05) is 51.1 Å². The maximum Gasteiger partial charge on any atom is 0.0349 e. The van der Waals surface area contributed by atoms with Crippen molar-refractivity contribution in [1.29, 1.82) is 0 Å². The van der Waals surface area contributed by atoms with Crippen LogP contribution in [-0.2, 0) is 0 Å². The smallest absolute Gasteiger partial charge is 0.0349 e. The zero-order valence-electron chi connectivity index (χ0n) is 13.5. The van der Waals surface area contributed by atoms with E-state index in [1.54, 1.807) is 0 Å². The lowest BCUT2D eigenvalue weighted by molar-refractivity contribution is 0.0412. The maximum atomic E-state index is 3.76. The first kappa shape index (κ1) is 15.5. The van der Waals surface area contributed by atoms with Crippen LogP contribution in [0.5, 0.6) is 0 Å². The van der Waals surface area contributed by atoms with Crippen LogP contribution in [0.2, 0.25) is 0 Å². The molecule has 1 aromatic rings. The van der Waals surface area contributed by atoms with Crippen molar-refractivity contribution in [3.8, 4) is 0 Å². The maximum absolute atomic E-state index is 3.76. The number of hydrogen-bond donors (Lipinski definition) is 1. The molecule has 3 unspecified atom stereocenters. The molecule has 1 fully saturated rings. The third kappa shape index (κ3) is 3.24. The minimum atomic E-state index is 0.258. The summed E-state index contributed by atoms with van der Waals surface area (Å²) in [5.41, 5.74) is 1.72. The lowest BCUT2D eigenvalue weighted by atomic mass is 9.89. The largest absolute Gasteiger partial charge is 0.309 e. The summed E-state index contributed by atoms with van der Waals surface area (Å²) < 4.78 is 0. The van der Waals surface area contributed by atoms with Gasteiger partial charge in [-0.2, -0.15) is 0 Å². The average molecular weight is 274 g/mol. The van der Waals surface area contributed by atoms with Crippen molar-refractivity contribution < 1.29 is 0 Å². The Labute approximate surface area is 124 Å². The van der Waals surface area contributed by atoms with E-state index in [4.69, 9.17) is 0 Å². The highest BCUT2D eigenvalue weighted by molar-refractivity contribution is 5.20. The van der Waals surface area contributed by atoms with Crippen LogP contribution < -0.4 is 5.32 Å². The van der Waals surface area contributed by atoms with Gasteiger partial charge in [0.1, 0.15) is 0 Å². The lowest BCUT2D eigenvalue weighted by Crippen LogP contribution is -2.63. The Bertz CT molecular complexity index is 403. The third-order valence-corrected chi connectivity index (χ3v) is 4.99. The van der Waals surface area contributed by atoms with Crippen LogP contribution in [0.25, 0.3) is 0 Å². The fourth-order valence-electron chi connectivity index (χ4n) is 3.39. The minimum Gasteiger partial charge on any atom is -0.309 e. The van der Waals surface area contributed by atoms with Gasteiger partial charge in [0, 0.05) is 30.7 Å². The first-order valence-electron chi connectivity index (χ1n) is 8.19. The zero-order valence-corrected chi connectivity index (χ0v) is 13.5. The van der Waals surface area contributed by atoms with Gasteiger partial charge < -0.3 is 5.32 Å². The molecule has 0 aliphatic carbocycles. The summed E-state index contributed by atoms with van der Waals surface area (Å²) >= 11 is 0. The fraction of sp³-hybridized carbons (Fsp3) is 0.667. The van der Waals surface area contributed by atoms with Gasteiger partial charge in [-0.3, -0.25) is 4.90 Å². The molecule has 3 atom stereocenters. The molecule has 0 aromatic heterocycles. The predicted molar refractivity (Wildman–Crippen MR) is 87.0 cm³/mol. The standard InChI is InChI=1S/C18H30N2/c1-5-16-13-19-18(4,7-3)14-20(16)17(6-2)15-11-9-8-10-12-15/h8-12,16-17,19H,5-7,13-14H2,1-4H3. The summed E-state index contributed by atoms with van der Waals surface area (Å²) in [5.74, 6) is 0. The van der Waals surface area contributed by atoms with E-state index >= 15 is 0 Å². The Balaban J connectivity index is 2.24. The first-order valence-corrected chi connectivity index (χ1v) is 8.19. The van der Waals surface area contributed by atoms with E-state index in [0.717, 1.165) is 13.1 Å². The summed E-state index contributed by atoms with van der Waals surface area (Å²) in [5, 5.41) is 3.76. The molecule has 0 radical (unpaired) electrons. The van der Waals surface area contributed by atoms with Crippen molar-refractivity contribution in [1.82, 2.24) is 10.2 Å². The van der Waals surface area contributed by atoms with Crippen molar-refractivity contribution in [3.05, 3.63) is 35.9 Å². The fourth-order valence-corrected chi connectivity index (χ4v) is 3.39. The highest BCUT2D eigenvalue weighted by Gasteiger charge is 2.37. The van der Waals surface area contributed by atoms with Crippen molar-refractivity contribution in [2.75, 3.05) is 13.1 Å². The Morgan fingerprint density at radius 2 is 1.95 bits per heavy atom. The molecular weight excluding hydrogens is 244 g/mol. The Kier molecular flexibility index (Phi) is 5.22. The Morgan fingerprint density at radius 3 is 2.50 bits per heavy atom. The number of nitrogens with one attached hydrogen (secondary N) is 1. The molecule has 1 aromatic carbocycles. The van der Waals surface area contributed by atoms with E-state index in [1.807, 2.05) is 0 Å². The van der Waals surface area contributed by atoms with Gasteiger partial charge in [-0.05, 0) is 31.7 Å². The predicted octanol–water partition coefficient (Wildman–Crippen LogP) is 3.99. The second-order valence-electron chi connectivity index (χ2n) is 6.36. The van der Waals surface area contributed by atoms with E-state index in [1.165, 1.54) is 24.8 Å². The van der Waals surface area contributed by atoms with Gasteiger partial charge in [0.2, 0.25) is 0 Å². The molecule has 20 heavy (non-hydrogen) atoms. The van der Waals surface area contributed by atoms with Crippen molar-refractivity contribution in [2.24, 2.45) is 0 Å². The van der Waals surface area contributed by atoms with Gasteiger partial charge in [0.05, 0.1) is 0 Å². The van der Waals surface area contributed by atoms with Crippen molar-refractivity contribution in [2.45, 2.75) is 64.6 Å². The topological polar surface area (TPSA) is 15.3 Å². The number of benzene rings is 1. The molecule has 2 nitrogen and oxygen atoms in total. The number of piperazine rings is 1. The van der Waals surface area contributed by atoms with Crippen LogP contribution in [-0.4, -0.2) is 29.6 Å². The molecule has 2 rings (SSSR count). The van der Waals surface area contributed by atoms with Crippen LogP contribution >= 0.6 is 0 Å². The van der Waals surface area contributed by atoms with Crippen LogP contribution in [0.4, 0.5) is 0 Å². The molecule has 112 valence electrons. The van der Waals surface area contributed by atoms with E-state index in [-0.39, 0.29) is 5.54 Å². The Hall–Kier alpha value is -0.860. The molecule has 2 heteroatoms. The van der Waals surface area contributed by atoms with Gasteiger partial charge in [0.15, 0.2) is 0 Å². The third-order valence-electron chi connectivity index (χ3n) is 4.99. The highest BCUT2D eigenvalue weighted by Crippen LogP contribution is 2.31. The van der Waals surface area contributed by atoms with Gasteiger partial charge in [0.25, 0.3) is 0 Å². The molecule has 0 spiro atoms. The average Bonchev–Trinajstić information content (AvgIpc) is 2.49. The van der Waals surface area contributed by atoms with E-state index in [9.17, 15) is 0 Å². The Morgan fingerprint density at radius 1 is 1.25 bits per heavy atom. The van der Waals surface area contributed by atoms with E-state index in [0.29, 0.717) is 12.1 Å². The second-order valence-corrected chi connectivity index (χ2v) is 6.36. The molecule has 1 heterocycles. The van der Waals surface area contributed by atoms with Gasteiger partial charge >= 0.3 is 0 Å². The summed E-state index contributed by atoms with van der Waals surface area (Å²) in [6, 6.07) is 12.2. The first-order chi connectivity index (χ1) is 9.63. The second kappa shape index (κ2) is 6.73. The zero-order chi connectivity index (χ0) is 14.6. The number of rotatable bonds is 5. The molecular formula is C18H30N2. The molecule has 1 N–H and O–H groups in total. The van der Waals surface area contributed by atoms with Crippen LogP contribution in [0.15, 0.2) is 30.3 Å². The molecule has 1 aliphatic heterocycles. The van der Waals surface area contributed by atoms with E-state index in [2.05, 4.69) is 68.2 Å². The summed E-state index contributed by atoms with van der Waals surface area (Å²) in [6.07, 6.45) is 3.58. The lowest BCUT2D eigenvalue weighted by Gasteiger charge is -2.49. The van der Waals surface area contributed by atoms with Gasteiger partial charge in [-0.25, -0.2) is 0 Å². The molecule has 0 bridgehead atoms. The number of nitrogens with zero attached hydrogens (tertiary/aromatic N) is 1. The summed E-state index contributed by atoms with van der Waals surface area (Å²) in [4.78, 5) is 2.75. The monoisotopic (exact) mass is 274 g/mol. The highest BCUT2D eigenvalue weighted by atomic mass is 15.3. The summed E-state index contributed by atoms with van der Waals surface area (Å²) in [6.45, 7) is 11.5. The SMILES string of the molecule is CCC1CNC(C)(CC)CN1C(CC)c1ccccc1. The van der Waals surface area contributed by atoms with Crippen LogP contribution in [0.1, 0.15) is 58.6 Å².